The Morgan fingerprint density at radius 2 is 2.05 bits per heavy atom. The van der Waals surface area contributed by atoms with Gasteiger partial charge in [0.1, 0.15) is 11.4 Å². The second-order valence-corrected chi connectivity index (χ2v) is 8.42. The van der Waals surface area contributed by atoms with Crippen LogP contribution in [0.5, 0.6) is 0 Å². The molecule has 0 N–H and O–H groups in total. The zero-order valence-electron chi connectivity index (χ0n) is 10.5. The molecule has 1 aromatic carbocycles. The lowest BCUT2D eigenvalue weighted by Gasteiger charge is -2.05. The van der Waals surface area contributed by atoms with Gasteiger partial charge in [0.15, 0.2) is 9.84 Å². The predicted molar refractivity (Wildman–Crippen MR) is 81.1 cm³/mol. The molecule has 0 amide bonds. The molecule has 0 bridgehead atoms. The van der Waals surface area contributed by atoms with Crippen molar-refractivity contribution < 1.29 is 8.42 Å². The Morgan fingerprint density at radius 3 is 2.75 bits per heavy atom. The van der Waals surface area contributed by atoms with Crippen LogP contribution in [-0.4, -0.2) is 24.6 Å². The maximum absolute atomic E-state index is 11.7. The molecule has 0 radical (unpaired) electrons. The minimum absolute atomic E-state index is 0.285. The molecule has 2 aromatic heterocycles. The maximum Gasteiger partial charge on any atom is 0.175 e. The fourth-order valence-corrected chi connectivity index (χ4v) is 4.14. The molecule has 3 rings (SSSR count). The van der Waals surface area contributed by atoms with E-state index in [2.05, 4.69) is 9.97 Å². The van der Waals surface area contributed by atoms with E-state index in [4.69, 9.17) is 0 Å². The summed E-state index contributed by atoms with van der Waals surface area (Å²) in [6.45, 7) is 0. The summed E-state index contributed by atoms with van der Waals surface area (Å²) in [4.78, 5) is 8.73. The first-order valence-electron chi connectivity index (χ1n) is 5.70. The van der Waals surface area contributed by atoms with Gasteiger partial charge in [-0.3, -0.25) is 0 Å². The normalized spacial score (nSPS) is 11.8. The van der Waals surface area contributed by atoms with Crippen LogP contribution in [0.15, 0.2) is 56.2 Å². The standard InChI is InChI=1S/C13H10N2O2S3/c1-20(16,17)9-4-5-11-10(7-9)13(15-8-14-11)19-12-3-2-6-18-12/h2-8H,1H3. The molecular weight excluding hydrogens is 312 g/mol. The van der Waals surface area contributed by atoms with E-state index in [-0.39, 0.29) is 4.90 Å². The van der Waals surface area contributed by atoms with Gasteiger partial charge in [0, 0.05) is 11.6 Å². The molecular formula is C13H10N2O2S3. The first-order valence-corrected chi connectivity index (χ1v) is 9.29. The van der Waals surface area contributed by atoms with Gasteiger partial charge in [-0.1, -0.05) is 17.8 Å². The summed E-state index contributed by atoms with van der Waals surface area (Å²) in [5.74, 6) is 0. The largest absolute Gasteiger partial charge is 0.236 e. The van der Waals surface area contributed by atoms with E-state index >= 15 is 0 Å². The zero-order chi connectivity index (χ0) is 14.2. The molecule has 0 atom stereocenters. The van der Waals surface area contributed by atoms with Crippen molar-refractivity contribution in [1.82, 2.24) is 9.97 Å². The van der Waals surface area contributed by atoms with Crippen LogP contribution in [0.1, 0.15) is 0 Å². The quantitative estimate of drug-likeness (QED) is 0.693. The third kappa shape index (κ3) is 2.70. The highest BCUT2D eigenvalue weighted by molar-refractivity contribution is 8.01. The van der Waals surface area contributed by atoms with Crippen molar-refractivity contribution in [3.8, 4) is 0 Å². The summed E-state index contributed by atoms with van der Waals surface area (Å²) >= 11 is 3.14. The van der Waals surface area contributed by atoms with Crippen molar-refractivity contribution in [1.29, 1.82) is 0 Å². The van der Waals surface area contributed by atoms with Gasteiger partial charge in [-0.05, 0) is 29.6 Å². The number of sulfone groups is 1. The Hall–Kier alpha value is -1.44. The number of thiophene rings is 1. The molecule has 0 fully saturated rings. The van der Waals surface area contributed by atoms with Gasteiger partial charge in [0.25, 0.3) is 0 Å². The maximum atomic E-state index is 11.7. The third-order valence-electron chi connectivity index (χ3n) is 2.69. The summed E-state index contributed by atoms with van der Waals surface area (Å²) in [5, 5.41) is 3.52. The molecule has 2 heterocycles. The molecule has 0 saturated carbocycles. The number of hydrogen-bond donors (Lipinski definition) is 0. The third-order valence-corrected chi connectivity index (χ3v) is 5.86. The van der Waals surface area contributed by atoms with E-state index in [1.165, 1.54) is 24.3 Å². The molecule has 20 heavy (non-hydrogen) atoms. The molecule has 0 aliphatic heterocycles. The second kappa shape index (κ2) is 5.16. The summed E-state index contributed by atoms with van der Waals surface area (Å²) < 4.78 is 24.4. The summed E-state index contributed by atoms with van der Waals surface area (Å²) in [7, 11) is -3.24. The van der Waals surface area contributed by atoms with Crippen LogP contribution >= 0.6 is 23.1 Å². The highest BCUT2D eigenvalue weighted by atomic mass is 32.2. The Kier molecular flexibility index (Phi) is 3.49. The molecule has 0 unspecified atom stereocenters. The number of rotatable bonds is 3. The molecule has 102 valence electrons. The lowest BCUT2D eigenvalue weighted by molar-refractivity contribution is 0.602. The lowest BCUT2D eigenvalue weighted by atomic mass is 10.2. The second-order valence-electron chi connectivity index (χ2n) is 4.16. The van der Waals surface area contributed by atoms with Crippen LogP contribution in [-0.2, 0) is 9.84 Å². The topological polar surface area (TPSA) is 59.9 Å². The minimum Gasteiger partial charge on any atom is -0.236 e. The fraction of sp³-hybridized carbons (Fsp3) is 0.0769. The number of hydrogen-bond acceptors (Lipinski definition) is 6. The van der Waals surface area contributed by atoms with Gasteiger partial charge in [0.2, 0.25) is 0 Å². The van der Waals surface area contributed by atoms with Gasteiger partial charge in [-0.25, -0.2) is 18.4 Å². The van der Waals surface area contributed by atoms with Crippen LogP contribution in [0.3, 0.4) is 0 Å². The molecule has 0 saturated heterocycles. The number of benzene rings is 1. The van der Waals surface area contributed by atoms with Gasteiger partial charge in [-0.15, -0.1) is 11.3 Å². The smallest absolute Gasteiger partial charge is 0.175 e. The predicted octanol–water partition coefficient (Wildman–Crippen LogP) is 3.25. The molecule has 0 aliphatic carbocycles. The van der Waals surface area contributed by atoms with Crippen molar-refractivity contribution in [3.63, 3.8) is 0 Å². The molecule has 7 heteroatoms. The van der Waals surface area contributed by atoms with E-state index < -0.39 is 9.84 Å². The van der Waals surface area contributed by atoms with Crippen LogP contribution in [0.4, 0.5) is 0 Å². The van der Waals surface area contributed by atoms with E-state index in [0.29, 0.717) is 0 Å². The van der Waals surface area contributed by atoms with Crippen molar-refractivity contribution in [2.75, 3.05) is 6.26 Å². The van der Waals surface area contributed by atoms with E-state index in [9.17, 15) is 8.42 Å². The monoisotopic (exact) mass is 322 g/mol. The van der Waals surface area contributed by atoms with Crippen LogP contribution in [0.25, 0.3) is 10.9 Å². The molecule has 3 aromatic rings. The Balaban J connectivity index is 2.16. The average molecular weight is 322 g/mol. The van der Waals surface area contributed by atoms with Crippen molar-refractivity contribution in [3.05, 3.63) is 42.0 Å². The number of fused-ring (bicyclic) bond motifs is 1. The van der Waals surface area contributed by atoms with Crippen LogP contribution < -0.4 is 0 Å². The Labute approximate surface area is 124 Å². The van der Waals surface area contributed by atoms with E-state index in [1.807, 2.05) is 17.5 Å². The van der Waals surface area contributed by atoms with Gasteiger partial charge < -0.3 is 0 Å². The van der Waals surface area contributed by atoms with Crippen LogP contribution in [0, 0.1) is 0 Å². The molecule has 0 aliphatic rings. The van der Waals surface area contributed by atoms with E-state index in [1.54, 1.807) is 29.5 Å². The first-order chi connectivity index (χ1) is 9.54. The van der Waals surface area contributed by atoms with Gasteiger partial charge >= 0.3 is 0 Å². The lowest BCUT2D eigenvalue weighted by Crippen LogP contribution is -1.97. The first kappa shape index (κ1) is 13.5. The minimum atomic E-state index is -3.24. The van der Waals surface area contributed by atoms with Crippen molar-refractivity contribution >= 4 is 43.8 Å². The highest BCUT2D eigenvalue weighted by Crippen LogP contribution is 2.34. The zero-order valence-corrected chi connectivity index (χ0v) is 12.9. The summed E-state index contributed by atoms with van der Waals surface area (Å²) in [6.07, 6.45) is 2.70. The van der Waals surface area contributed by atoms with Gasteiger partial charge in [-0.2, -0.15) is 0 Å². The number of aromatic nitrogens is 2. The Bertz CT molecular complexity index is 858. The van der Waals surface area contributed by atoms with Crippen molar-refractivity contribution in [2.24, 2.45) is 0 Å². The number of nitrogens with zero attached hydrogens (tertiary/aromatic N) is 2. The summed E-state index contributed by atoms with van der Waals surface area (Å²) in [5.41, 5.74) is 0.742. The fourth-order valence-electron chi connectivity index (χ4n) is 1.74. The highest BCUT2D eigenvalue weighted by Gasteiger charge is 2.12. The van der Waals surface area contributed by atoms with Gasteiger partial charge in [0.05, 0.1) is 14.6 Å². The summed E-state index contributed by atoms with van der Waals surface area (Å²) in [6, 6.07) is 8.90. The van der Waals surface area contributed by atoms with Crippen molar-refractivity contribution in [2.45, 2.75) is 14.1 Å². The molecule has 0 spiro atoms. The Morgan fingerprint density at radius 1 is 1.20 bits per heavy atom. The SMILES string of the molecule is CS(=O)(=O)c1ccc2ncnc(Sc3cccs3)c2c1. The average Bonchev–Trinajstić information content (AvgIpc) is 2.90. The molecule has 4 nitrogen and oxygen atoms in total. The van der Waals surface area contributed by atoms with E-state index in [0.717, 1.165) is 20.1 Å². The van der Waals surface area contributed by atoms with Crippen LogP contribution in [0.2, 0.25) is 0 Å².